The molecule has 33 heavy (non-hydrogen) atoms. The number of hydrogen-bond donors (Lipinski definition) is 1. The van der Waals surface area contributed by atoms with Crippen LogP contribution in [0.15, 0.2) is 76.2 Å². The molecule has 168 valence electrons. The van der Waals surface area contributed by atoms with E-state index in [0.717, 1.165) is 38.2 Å². The van der Waals surface area contributed by atoms with Crippen molar-refractivity contribution in [2.24, 2.45) is 0 Å². The summed E-state index contributed by atoms with van der Waals surface area (Å²) < 4.78 is 2.82. The minimum absolute atomic E-state index is 0.279. The highest BCUT2D eigenvalue weighted by molar-refractivity contribution is 9.10. The van der Waals surface area contributed by atoms with Crippen molar-refractivity contribution in [1.82, 2.24) is 9.47 Å². The van der Waals surface area contributed by atoms with E-state index in [4.69, 9.17) is 0 Å². The Labute approximate surface area is 204 Å². The van der Waals surface area contributed by atoms with Crippen LogP contribution in [-0.4, -0.2) is 47.2 Å². The number of nitrogens with one attached hydrogen (secondary N) is 1. The molecule has 0 unspecified atom stereocenters. The molecule has 2 aromatic carbocycles. The standard InChI is InChI=1S/C24H21BrN4O3S/c1-27(2)18-9-11-19(12-10-18)28-13-3-4-20(28)14-21-23(31)29(24(32)33-21)15-22(30)26-17-7-5-16(25)6-8-17/h3-14H,15H2,1-2H3,(H,26,30)/b21-14-. The number of nitrogens with zero attached hydrogens (tertiary/aromatic N) is 3. The first-order valence-corrected chi connectivity index (χ1v) is 11.7. The molecule has 1 aromatic heterocycles. The summed E-state index contributed by atoms with van der Waals surface area (Å²) in [5, 5.41) is 2.23. The quantitative estimate of drug-likeness (QED) is 0.460. The number of carbonyl (C=O) groups excluding carboxylic acids is 3. The zero-order chi connectivity index (χ0) is 23.5. The van der Waals surface area contributed by atoms with Gasteiger partial charge in [0.15, 0.2) is 0 Å². The largest absolute Gasteiger partial charge is 0.378 e. The minimum Gasteiger partial charge on any atom is -0.378 e. The minimum atomic E-state index is -0.480. The molecule has 0 atom stereocenters. The third kappa shape index (κ3) is 5.20. The van der Waals surface area contributed by atoms with Crippen LogP contribution in [0, 0.1) is 0 Å². The summed E-state index contributed by atoms with van der Waals surface area (Å²) in [4.78, 5) is 40.9. The number of thioether (sulfide) groups is 1. The summed E-state index contributed by atoms with van der Waals surface area (Å²) in [6, 6.07) is 18.8. The Bertz CT molecular complexity index is 1230. The lowest BCUT2D eigenvalue weighted by Crippen LogP contribution is -2.36. The van der Waals surface area contributed by atoms with E-state index in [2.05, 4.69) is 21.2 Å². The van der Waals surface area contributed by atoms with Gasteiger partial charge in [0.1, 0.15) is 6.54 Å². The van der Waals surface area contributed by atoms with E-state index in [1.54, 1.807) is 30.3 Å². The van der Waals surface area contributed by atoms with Crippen LogP contribution in [0.4, 0.5) is 16.2 Å². The number of anilines is 2. The summed E-state index contributed by atoms with van der Waals surface area (Å²) in [5.74, 6) is -0.920. The maximum atomic E-state index is 12.9. The number of rotatable bonds is 6. The summed E-state index contributed by atoms with van der Waals surface area (Å²) in [5.41, 5.74) is 3.36. The lowest BCUT2D eigenvalue weighted by Gasteiger charge is -2.14. The SMILES string of the molecule is CN(C)c1ccc(-n2cccc2/C=C2\SC(=O)N(CC(=O)Nc3ccc(Br)cc3)C2=O)cc1. The van der Waals surface area contributed by atoms with Gasteiger partial charge in [-0.1, -0.05) is 15.9 Å². The molecule has 3 amide bonds. The van der Waals surface area contributed by atoms with Crippen molar-refractivity contribution in [3.05, 3.63) is 81.9 Å². The highest BCUT2D eigenvalue weighted by atomic mass is 79.9. The van der Waals surface area contributed by atoms with Crippen molar-refractivity contribution in [1.29, 1.82) is 0 Å². The molecule has 1 aliphatic rings. The number of aromatic nitrogens is 1. The number of benzene rings is 2. The fourth-order valence-electron chi connectivity index (χ4n) is 3.31. The molecule has 9 heteroatoms. The van der Waals surface area contributed by atoms with Crippen molar-refractivity contribution >= 4 is 62.2 Å². The summed E-state index contributed by atoms with van der Waals surface area (Å²) in [6.45, 7) is -0.342. The third-order valence-corrected chi connectivity index (χ3v) is 6.44. The van der Waals surface area contributed by atoms with Gasteiger partial charge in [-0.25, -0.2) is 0 Å². The average Bonchev–Trinajstić information content (AvgIpc) is 3.35. The number of carbonyl (C=O) groups is 3. The van der Waals surface area contributed by atoms with Crippen molar-refractivity contribution in [3.8, 4) is 5.69 Å². The summed E-state index contributed by atoms with van der Waals surface area (Å²) in [6.07, 6.45) is 3.57. The monoisotopic (exact) mass is 524 g/mol. The van der Waals surface area contributed by atoms with Gasteiger partial charge in [0, 0.05) is 47.5 Å². The lowest BCUT2D eigenvalue weighted by molar-refractivity contribution is -0.127. The molecule has 2 heterocycles. The number of hydrogen-bond acceptors (Lipinski definition) is 5. The number of halogens is 1. The van der Waals surface area contributed by atoms with E-state index < -0.39 is 17.1 Å². The topological polar surface area (TPSA) is 74.7 Å². The Morgan fingerprint density at radius 1 is 1.06 bits per heavy atom. The summed E-state index contributed by atoms with van der Waals surface area (Å²) >= 11 is 4.17. The highest BCUT2D eigenvalue weighted by Crippen LogP contribution is 2.32. The molecule has 0 aliphatic carbocycles. The molecule has 1 aliphatic heterocycles. The van der Waals surface area contributed by atoms with Gasteiger partial charge in [-0.05, 0) is 78.5 Å². The average molecular weight is 525 g/mol. The normalized spacial score (nSPS) is 14.8. The smallest absolute Gasteiger partial charge is 0.294 e. The molecule has 7 nitrogen and oxygen atoms in total. The predicted molar refractivity (Wildman–Crippen MR) is 136 cm³/mol. The lowest BCUT2D eigenvalue weighted by atomic mass is 10.2. The van der Waals surface area contributed by atoms with E-state index >= 15 is 0 Å². The molecular weight excluding hydrogens is 504 g/mol. The highest BCUT2D eigenvalue weighted by Gasteiger charge is 2.36. The van der Waals surface area contributed by atoms with Crippen LogP contribution in [0.5, 0.6) is 0 Å². The van der Waals surface area contributed by atoms with Crippen molar-refractivity contribution in [2.45, 2.75) is 0 Å². The maximum absolute atomic E-state index is 12.9. The first-order chi connectivity index (χ1) is 15.8. The van der Waals surface area contributed by atoms with E-state index in [1.807, 2.05) is 66.2 Å². The molecule has 0 spiro atoms. The van der Waals surface area contributed by atoms with E-state index in [-0.39, 0.29) is 11.4 Å². The van der Waals surface area contributed by atoms with E-state index in [9.17, 15) is 14.4 Å². The Balaban J connectivity index is 1.48. The van der Waals surface area contributed by atoms with Crippen LogP contribution in [0.2, 0.25) is 0 Å². The van der Waals surface area contributed by atoms with Gasteiger partial charge >= 0.3 is 0 Å². The Morgan fingerprint density at radius 2 is 1.76 bits per heavy atom. The molecule has 0 bridgehead atoms. The van der Waals surface area contributed by atoms with Gasteiger partial charge in [0.05, 0.1) is 4.91 Å². The molecule has 1 N–H and O–H groups in total. The fourth-order valence-corrected chi connectivity index (χ4v) is 4.39. The van der Waals surface area contributed by atoms with Crippen molar-refractivity contribution in [3.63, 3.8) is 0 Å². The molecule has 0 radical (unpaired) electrons. The Hall–Kier alpha value is -3.30. The second-order valence-electron chi connectivity index (χ2n) is 7.54. The van der Waals surface area contributed by atoms with Crippen LogP contribution in [0.1, 0.15) is 5.69 Å². The van der Waals surface area contributed by atoms with Crippen LogP contribution >= 0.6 is 27.7 Å². The van der Waals surface area contributed by atoms with Crippen molar-refractivity contribution < 1.29 is 14.4 Å². The zero-order valence-electron chi connectivity index (χ0n) is 18.0. The predicted octanol–water partition coefficient (Wildman–Crippen LogP) is 4.98. The second-order valence-corrected chi connectivity index (χ2v) is 9.45. The number of amides is 3. The summed E-state index contributed by atoms with van der Waals surface area (Å²) in [7, 11) is 3.96. The number of imide groups is 1. The van der Waals surface area contributed by atoms with E-state index in [0.29, 0.717) is 5.69 Å². The van der Waals surface area contributed by atoms with E-state index in [1.165, 1.54) is 0 Å². The van der Waals surface area contributed by atoms with Crippen LogP contribution in [-0.2, 0) is 9.59 Å². The second kappa shape index (κ2) is 9.68. The molecule has 4 rings (SSSR count). The van der Waals surface area contributed by atoms with Gasteiger partial charge in [-0.2, -0.15) is 0 Å². The molecule has 0 saturated carbocycles. The fraction of sp³-hybridized carbons (Fsp3) is 0.125. The van der Waals surface area contributed by atoms with Crippen LogP contribution in [0.3, 0.4) is 0 Å². The Morgan fingerprint density at radius 3 is 2.42 bits per heavy atom. The molecule has 1 fully saturated rings. The van der Waals surface area contributed by atoms with Gasteiger partial charge in [-0.3, -0.25) is 19.3 Å². The molecular formula is C24H21BrN4O3S. The van der Waals surface area contributed by atoms with Gasteiger partial charge in [0.25, 0.3) is 11.1 Å². The first kappa shape index (κ1) is 22.9. The Kier molecular flexibility index (Phi) is 6.71. The van der Waals surface area contributed by atoms with Gasteiger partial charge in [0.2, 0.25) is 5.91 Å². The third-order valence-electron chi connectivity index (χ3n) is 5.01. The van der Waals surface area contributed by atoms with Gasteiger partial charge in [-0.15, -0.1) is 0 Å². The zero-order valence-corrected chi connectivity index (χ0v) is 20.4. The molecule has 1 saturated heterocycles. The maximum Gasteiger partial charge on any atom is 0.294 e. The first-order valence-electron chi connectivity index (χ1n) is 10.1. The van der Waals surface area contributed by atoms with Gasteiger partial charge < -0.3 is 14.8 Å². The molecule has 3 aromatic rings. The van der Waals surface area contributed by atoms with Crippen LogP contribution in [0.25, 0.3) is 11.8 Å². The van der Waals surface area contributed by atoms with Crippen molar-refractivity contribution in [2.75, 3.05) is 30.9 Å². The van der Waals surface area contributed by atoms with Crippen LogP contribution < -0.4 is 10.2 Å².